The van der Waals surface area contributed by atoms with E-state index in [1.165, 1.54) is 24.1 Å². The number of benzene rings is 1. The minimum atomic E-state index is 0.191. The molecule has 1 N–H and O–H groups in total. The molecule has 2 heterocycles. The van der Waals surface area contributed by atoms with Crippen LogP contribution in [-0.4, -0.2) is 15.7 Å². The third kappa shape index (κ3) is 2.31. The zero-order valence-electron chi connectivity index (χ0n) is 12.0. The van der Waals surface area contributed by atoms with Gasteiger partial charge in [-0.05, 0) is 30.9 Å². The highest BCUT2D eigenvalue weighted by atomic mass is 15.1. The Balaban J connectivity index is 1.73. The van der Waals surface area contributed by atoms with Crippen molar-refractivity contribution in [1.82, 2.24) is 9.97 Å². The molecule has 2 aliphatic rings. The molecule has 4 heteroatoms. The molecular formula is C17H18N4. The molecule has 1 aromatic heterocycles. The van der Waals surface area contributed by atoms with Crippen molar-refractivity contribution in [3.63, 3.8) is 0 Å². The number of hydrogen-bond acceptors (Lipinski definition) is 4. The lowest BCUT2D eigenvalue weighted by Crippen LogP contribution is -2.30. The van der Waals surface area contributed by atoms with Gasteiger partial charge in [0.1, 0.15) is 0 Å². The van der Waals surface area contributed by atoms with Crippen LogP contribution in [0, 0.1) is 11.8 Å². The summed E-state index contributed by atoms with van der Waals surface area (Å²) < 4.78 is 0. The normalized spacial score (nSPS) is 24.1. The van der Waals surface area contributed by atoms with Crippen molar-refractivity contribution in [3.05, 3.63) is 48.3 Å². The molecule has 106 valence electrons. The lowest BCUT2D eigenvalue weighted by Gasteiger charge is -2.31. The smallest absolute Gasteiger partial charge is 0.223 e. The topological polar surface area (TPSA) is 50.2 Å². The van der Waals surface area contributed by atoms with E-state index in [1.54, 1.807) is 12.4 Å². The molecule has 4 nitrogen and oxygen atoms in total. The molecule has 0 spiro atoms. The Morgan fingerprint density at radius 2 is 1.81 bits per heavy atom. The van der Waals surface area contributed by atoms with E-state index < -0.39 is 0 Å². The molecule has 1 aromatic carbocycles. The van der Waals surface area contributed by atoms with Crippen molar-refractivity contribution in [2.24, 2.45) is 16.8 Å². The van der Waals surface area contributed by atoms with Crippen LogP contribution in [0.3, 0.4) is 0 Å². The van der Waals surface area contributed by atoms with E-state index in [4.69, 9.17) is 4.99 Å². The van der Waals surface area contributed by atoms with Crippen LogP contribution in [0.4, 0.5) is 11.6 Å². The average Bonchev–Trinajstić information content (AvgIpc) is 3.36. The lowest BCUT2D eigenvalue weighted by molar-refractivity contribution is 0.608. The van der Waals surface area contributed by atoms with Crippen LogP contribution in [0.1, 0.15) is 31.4 Å². The SMILES string of the molecule is CC1C(C2CC2)=Nc2ccccc2C1Nc1ncccn1. The molecule has 1 saturated carbocycles. The van der Waals surface area contributed by atoms with E-state index in [2.05, 4.69) is 46.5 Å². The summed E-state index contributed by atoms with van der Waals surface area (Å²) in [5.74, 6) is 1.73. The molecule has 0 saturated heterocycles. The summed E-state index contributed by atoms with van der Waals surface area (Å²) in [6.45, 7) is 2.26. The average molecular weight is 278 g/mol. The fourth-order valence-electron chi connectivity index (χ4n) is 3.09. The second-order valence-electron chi connectivity index (χ2n) is 5.85. The van der Waals surface area contributed by atoms with E-state index in [0.717, 1.165) is 5.69 Å². The molecule has 1 aliphatic carbocycles. The molecule has 1 fully saturated rings. The number of aliphatic imine (C=N–C) groups is 1. The van der Waals surface area contributed by atoms with Crippen LogP contribution in [-0.2, 0) is 0 Å². The van der Waals surface area contributed by atoms with Crippen LogP contribution < -0.4 is 5.32 Å². The van der Waals surface area contributed by atoms with Crippen LogP contribution >= 0.6 is 0 Å². The monoisotopic (exact) mass is 278 g/mol. The van der Waals surface area contributed by atoms with Gasteiger partial charge in [-0.1, -0.05) is 25.1 Å². The summed E-state index contributed by atoms with van der Waals surface area (Å²) in [6, 6.07) is 10.4. The maximum atomic E-state index is 4.92. The minimum absolute atomic E-state index is 0.191. The van der Waals surface area contributed by atoms with E-state index >= 15 is 0 Å². The number of rotatable bonds is 3. The minimum Gasteiger partial charge on any atom is -0.347 e. The molecular weight excluding hydrogens is 260 g/mol. The van der Waals surface area contributed by atoms with E-state index in [-0.39, 0.29) is 6.04 Å². The van der Waals surface area contributed by atoms with Crippen molar-refractivity contribution in [2.45, 2.75) is 25.8 Å². The number of hydrogen-bond donors (Lipinski definition) is 1. The van der Waals surface area contributed by atoms with Gasteiger partial charge in [0.25, 0.3) is 0 Å². The summed E-state index contributed by atoms with van der Waals surface area (Å²) >= 11 is 0. The number of nitrogens with zero attached hydrogens (tertiary/aromatic N) is 3. The third-order valence-corrected chi connectivity index (χ3v) is 4.33. The van der Waals surface area contributed by atoms with Crippen molar-refractivity contribution < 1.29 is 0 Å². The molecule has 0 radical (unpaired) electrons. The molecule has 2 unspecified atom stereocenters. The van der Waals surface area contributed by atoms with Gasteiger partial charge in [0.15, 0.2) is 0 Å². The van der Waals surface area contributed by atoms with Gasteiger partial charge < -0.3 is 5.32 Å². The Kier molecular flexibility index (Phi) is 2.95. The first-order valence-corrected chi connectivity index (χ1v) is 7.54. The lowest BCUT2D eigenvalue weighted by atomic mass is 9.85. The first-order valence-electron chi connectivity index (χ1n) is 7.54. The van der Waals surface area contributed by atoms with Gasteiger partial charge in [0.2, 0.25) is 5.95 Å². The Labute approximate surface area is 124 Å². The highest BCUT2D eigenvalue weighted by Crippen LogP contribution is 2.44. The Bertz CT molecular complexity index is 676. The molecule has 4 rings (SSSR count). The summed E-state index contributed by atoms with van der Waals surface area (Å²) in [4.78, 5) is 13.5. The molecule has 0 bridgehead atoms. The van der Waals surface area contributed by atoms with Crippen molar-refractivity contribution >= 4 is 17.3 Å². The summed E-state index contributed by atoms with van der Waals surface area (Å²) in [6.07, 6.45) is 6.09. The quantitative estimate of drug-likeness (QED) is 0.930. The molecule has 2 atom stereocenters. The van der Waals surface area contributed by atoms with Gasteiger partial charge in [0.05, 0.1) is 11.7 Å². The largest absolute Gasteiger partial charge is 0.347 e. The van der Waals surface area contributed by atoms with Crippen molar-refractivity contribution in [1.29, 1.82) is 0 Å². The Hall–Kier alpha value is -2.23. The van der Waals surface area contributed by atoms with E-state index in [0.29, 0.717) is 17.8 Å². The van der Waals surface area contributed by atoms with Gasteiger partial charge >= 0.3 is 0 Å². The van der Waals surface area contributed by atoms with Crippen molar-refractivity contribution in [2.75, 3.05) is 5.32 Å². The first-order chi connectivity index (χ1) is 10.3. The van der Waals surface area contributed by atoms with E-state index in [9.17, 15) is 0 Å². The molecule has 2 aromatic rings. The number of nitrogens with one attached hydrogen (secondary N) is 1. The number of fused-ring (bicyclic) bond motifs is 1. The Morgan fingerprint density at radius 1 is 1.05 bits per heavy atom. The van der Waals surface area contributed by atoms with Gasteiger partial charge in [-0.15, -0.1) is 0 Å². The number of aromatic nitrogens is 2. The third-order valence-electron chi connectivity index (χ3n) is 4.33. The maximum absolute atomic E-state index is 4.92. The van der Waals surface area contributed by atoms with Crippen molar-refractivity contribution in [3.8, 4) is 0 Å². The van der Waals surface area contributed by atoms with Gasteiger partial charge in [-0.25, -0.2) is 9.97 Å². The molecule has 0 amide bonds. The zero-order chi connectivity index (χ0) is 14.2. The molecule has 21 heavy (non-hydrogen) atoms. The predicted molar refractivity (Wildman–Crippen MR) is 83.8 cm³/mol. The molecule has 1 aliphatic heterocycles. The fraction of sp³-hybridized carbons (Fsp3) is 0.353. The zero-order valence-corrected chi connectivity index (χ0v) is 12.0. The first kappa shape index (κ1) is 12.5. The summed E-state index contributed by atoms with van der Waals surface area (Å²) in [7, 11) is 0. The van der Waals surface area contributed by atoms with Crippen LogP contribution in [0.15, 0.2) is 47.7 Å². The van der Waals surface area contributed by atoms with Crippen LogP contribution in [0.2, 0.25) is 0 Å². The van der Waals surface area contributed by atoms with Gasteiger partial charge in [0, 0.05) is 29.6 Å². The second kappa shape index (κ2) is 4.95. The Morgan fingerprint density at radius 3 is 2.57 bits per heavy atom. The standard InChI is InChI=1S/C17H18N4/c1-11-15(12-7-8-12)20-14-6-3-2-5-13(14)16(11)21-17-18-9-4-10-19-17/h2-6,9-12,16H,7-8H2,1H3,(H,18,19,21). The summed E-state index contributed by atoms with van der Waals surface area (Å²) in [5.41, 5.74) is 3.66. The van der Waals surface area contributed by atoms with E-state index in [1.807, 2.05) is 6.07 Å². The fourth-order valence-corrected chi connectivity index (χ4v) is 3.09. The number of para-hydroxylation sites is 1. The maximum Gasteiger partial charge on any atom is 0.223 e. The van der Waals surface area contributed by atoms with Gasteiger partial charge in [-0.2, -0.15) is 0 Å². The summed E-state index contributed by atoms with van der Waals surface area (Å²) in [5, 5.41) is 3.50. The van der Waals surface area contributed by atoms with Gasteiger partial charge in [-0.3, -0.25) is 4.99 Å². The predicted octanol–water partition coefficient (Wildman–Crippen LogP) is 3.76. The number of anilines is 1. The highest BCUT2D eigenvalue weighted by Gasteiger charge is 2.38. The van der Waals surface area contributed by atoms with Crippen LogP contribution in [0.5, 0.6) is 0 Å². The highest BCUT2D eigenvalue weighted by molar-refractivity contribution is 5.95. The van der Waals surface area contributed by atoms with Crippen LogP contribution in [0.25, 0.3) is 0 Å². The second-order valence-corrected chi connectivity index (χ2v) is 5.85.